The van der Waals surface area contributed by atoms with Crippen molar-refractivity contribution in [3.05, 3.63) is 53.8 Å². The summed E-state index contributed by atoms with van der Waals surface area (Å²) in [6.07, 6.45) is 0.846. The van der Waals surface area contributed by atoms with Crippen LogP contribution in [0.1, 0.15) is 38.3 Å². The fourth-order valence-corrected chi connectivity index (χ4v) is 3.77. The van der Waals surface area contributed by atoms with Gasteiger partial charge >= 0.3 is 5.97 Å². The van der Waals surface area contributed by atoms with Gasteiger partial charge in [0.1, 0.15) is 0 Å². The minimum absolute atomic E-state index is 0.124. The highest BCUT2D eigenvalue weighted by molar-refractivity contribution is 5.67. The first-order valence-electron chi connectivity index (χ1n) is 10.2. The Labute approximate surface area is 179 Å². The molecule has 8 heteroatoms. The van der Waals surface area contributed by atoms with Crippen LogP contribution in [0.15, 0.2) is 47.0 Å². The van der Waals surface area contributed by atoms with Gasteiger partial charge in [-0.15, -0.1) is 0 Å². The summed E-state index contributed by atoms with van der Waals surface area (Å²) in [6.45, 7) is 4.37. The molecule has 1 saturated heterocycles. The average molecular weight is 425 g/mol. The molecule has 162 valence electrons. The Kier molecular flexibility index (Phi) is 5.99. The van der Waals surface area contributed by atoms with Crippen LogP contribution in [0.4, 0.5) is 4.39 Å². The zero-order valence-electron chi connectivity index (χ0n) is 17.3. The Morgan fingerprint density at radius 2 is 2.00 bits per heavy atom. The highest BCUT2D eigenvalue weighted by Crippen LogP contribution is 2.31. The van der Waals surface area contributed by atoms with E-state index in [0.717, 1.165) is 17.5 Å². The van der Waals surface area contributed by atoms with Crippen LogP contribution < -0.4 is 10.1 Å². The summed E-state index contributed by atoms with van der Waals surface area (Å²) < 4.78 is 25.0. The largest absolute Gasteiger partial charge is 0.488 e. The van der Waals surface area contributed by atoms with Crippen LogP contribution in [-0.2, 0) is 4.79 Å². The maximum absolute atomic E-state index is 14.3. The molecule has 1 aliphatic rings. The number of benzene rings is 2. The van der Waals surface area contributed by atoms with Gasteiger partial charge in [0.15, 0.2) is 11.6 Å². The number of nitrogens with zero attached hydrogens (tertiary/aromatic N) is 2. The number of aliphatic carboxylic acids is 1. The summed E-state index contributed by atoms with van der Waals surface area (Å²) in [5.74, 6) is -0.297. The van der Waals surface area contributed by atoms with Crippen LogP contribution in [0.25, 0.3) is 22.8 Å². The van der Waals surface area contributed by atoms with E-state index < -0.39 is 11.8 Å². The minimum atomic E-state index is -0.766. The highest BCUT2D eigenvalue weighted by atomic mass is 19.1. The number of hydrogen-bond donors (Lipinski definition) is 2. The van der Waals surface area contributed by atoms with Gasteiger partial charge in [-0.25, -0.2) is 4.39 Å². The van der Waals surface area contributed by atoms with Crippen molar-refractivity contribution in [1.82, 2.24) is 15.5 Å². The molecule has 2 heterocycles. The Hall–Kier alpha value is -3.26. The molecule has 1 aliphatic heterocycles. The van der Waals surface area contributed by atoms with Crippen molar-refractivity contribution < 1.29 is 23.6 Å². The van der Waals surface area contributed by atoms with Crippen LogP contribution in [0.3, 0.4) is 0 Å². The van der Waals surface area contributed by atoms with Gasteiger partial charge in [0.2, 0.25) is 5.82 Å². The lowest BCUT2D eigenvalue weighted by Gasteiger charge is -2.11. The molecule has 0 spiro atoms. The van der Waals surface area contributed by atoms with Crippen LogP contribution in [0.5, 0.6) is 5.75 Å². The van der Waals surface area contributed by atoms with E-state index in [4.69, 9.17) is 14.4 Å². The van der Waals surface area contributed by atoms with Gasteiger partial charge in [0, 0.05) is 23.6 Å². The van der Waals surface area contributed by atoms with E-state index in [-0.39, 0.29) is 36.1 Å². The molecule has 31 heavy (non-hydrogen) atoms. The first-order valence-corrected chi connectivity index (χ1v) is 10.2. The summed E-state index contributed by atoms with van der Waals surface area (Å²) in [5, 5.41) is 16.4. The number of carboxylic acids is 1. The maximum atomic E-state index is 14.3. The lowest BCUT2D eigenvalue weighted by molar-refractivity contribution is -0.137. The lowest BCUT2D eigenvalue weighted by atomic mass is 9.97. The third-order valence-electron chi connectivity index (χ3n) is 5.22. The first kappa shape index (κ1) is 21.0. The highest BCUT2D eigenvalue weighted by Gasteiger charge is 2.27. The van der Waals surface area contributed by atoms with Crippen LogP contribution in [0.2, 0.25) is 0 Å². The van der Waals surface area contributed by atoms with E-state index >= 15 is 0 Å². The zero-order valence-corrected chi connectivity index (χ0v) is 17.3. The molecule has 1 fully saturated rings. The van der Waals surface area contributed by atoms with Gasteiger partial charge in [0.25, 0.3) is 5.89 Å². The summed E-state index contributed by atoms with van der Waals surface area (Å²) in [6, 6.07) is 12.4. The molecule has 2 atom stereocenters. The van der Waals surface area contributed by atoms with E-state index in [9.17, 15) is 9.18 Å². The first-order chi connectivity index (χ1) is 14.9. The molecule has 0 amide bonds. The number of carboxylic acid groups (broad SMARTS) is 1. The molecule has 0 bridgehead atoms. The summed E-state index contributed by atoms with van der Waals surface area (Å²) >= 11 is 0. The summed E-state index contributed by atoms with van der Waals surface area (Å²) in [5.41, 5.74) is 2.34. The Morgan fingerprint density at radius 1 is 1.26 bits per heavy atom. The predicted molar refractivity (Wildman–Crippen MR) is 112 cm³/mol. The van der Waals surface area contributed by atoms with Gasteiger partial charge in [-0.1, -0.05) is 29.4 Å². The van der Waals surface area contributed by atoms with Gasteiger partial charge in [-0.3, -0.25) is 4.79 Å². The van der Waals surface area contributed by atoms with E-state index in [0.29, 0.717) is 17.9 Å². The number of nitrogens with one attached hydrogen (secondary N) is 1. The molecule has 4 rings (SSSR count). The van der Waals surface area contributed by atoms with Crippen molar-refractivity contribution in [2.75, 3.05) is 6.54 Å². The van der Waals surface area contributed by atoms with Crippen LogP contribution in [-0.4, -0.2) is 33.9 Å². The van der Waals surface area contributed by atoms with Crippen LogP contribution in [0, 0.1) is 11.7 Å². The number of hydrogen-bond acceptors (Lipinski definition) is 6. The number of aromatic nitrogens is 2. The molecule has 2 aromatic carbocycles. The fourth-order valence-electron chi connectivity index (χ4n) is 3.77. The number of ether oxygens (including phenoxy) is 1. The standard InChI is InChI=1S/C23H24FN3O4/c1-13(2)30-20-8-7-17(11-18(20)24)23-26-22(27-31-23)16-5-3-15(4-6-16)19-9-14(12-25-19)10-21(28)29/h3-8,11,13-14,19,25H,9-10,12H2,1-2H3,(H,28,29). The molecular formula is C23H24FN3O4. The van der Waals surface area contributed by atoms with Gasteiger partial charge in [-0.05, 0) is 56.5 Å². The number of halogens is 1. The molecule has 3 aromatic rings. The number of carbonyl (C=O) groups is 1. The van der Waals surface area contributed by atoms with Gasteiger partial charge in [-0.2, -0.15) is 4.98 Å². The van der Waals surface area contributed by atoms with E-state index in [1.165, 1.54) is 6.07 Å². The molecule has 2 unspecified atom stereocenters. The maximum Gasteiger partial charge on any atom is 0.303 e. The molecule has 2 N–H and O–H groups in total. The topological polar surface area (TPSA) is 97.5 Å². The number of rotatable bonds is 7. The van der Waals surface area contributed by atoms with E-state index in [2.05, 4.69) is 15.5 Å². The lowest BCUT2D eigenvalue weighted by Crippen LogP contribution is -2.14. The van der Waals surface area contributed by atoms with Crippen molar-refractivity contribution in [3.8, 4) is 28.6 Å². The monoisotopic (exact) mass is 425 g/mol. The van der Waals surface area contributed by atoms with Crippen molar-refractivity contribution in [2.24, 2.45) is 5.92 Å². The average Bonchev–Trinajstić information content (AvgIpc) is 3.39. The zero-order chi connectivity index (χ0) is 22.0. The Morgan fingerprint density at radius 3 is 2.68 bits per heavy atom. The van der Waals surface area contributed by atoms with Crippen molar-refractivity contribution in [1.29, 1.82) is 0 Å². The molecule has 1 aromatic heterocycles. The minimum Gasteiger partial charge on any atom is -0.488 e. The summed E-state index contributed by atoms with van der Waals surface area (Å²) in [7, 11) is 0. The third kappa shape index (κ3) is 4.91. The molecular weight excluding hydrogens is 401 g/mol. The second kappa shape index (κ2) is 8.85. The molecule has 0 aliphatic carbocycles. The smallest absolute Gasteiger partial charge is 0.303 e. The molecule has 0 saturated carbocycles. The second-order valence-corrected chi connectivity index (χ2v) is 8.02. The van der Waals surface area contributed by atoms with Gasteiger partial charge in [0.05, 0.1) is 6.10 Å². The van der Waals surface area contributed by atoms with Crippen molar-refractivity contribution >= 4 is 5.97 Å². The molecule has 7 nitrogen and oxygen atoms in total. The van der Waals surface area contributed by atoms with Gasteiger partial charge < -0.3 is 19.7 Å². The van der Waals surface area contributed by atoms with Crippen molar-refractivity contribution in [3.63, 3.8) is 0 Å². The summed E-state index contributed by atoms with van der Waals surface area (Å²) in [4.78, 5) is 15.3. The fraction of sp³-hybridized carbons (Fsp3) is 0.348. The quantitative estimate of drug-likeness (QED) is 0.577. The Balaban J connectivity index is 1.46. The SMILES string of the molecule is CC(C)Oc1ccc(-c2nc(-c3ccc(C4CC(CC(=O)O)CN4)cc3)no2)cc1F. The predicted octanol–water partition coefficient (Wildman–Crippen LogP) is 4.46. The Bertz CT molecular complexity index is 1060. The van der Waals surface area contributed by atoms with E-state index in [1.807, 2.05) is 38.1 Å². The van der Waals surface area contributed by atoms with Crippen LogP contribution >= 0.6 is 0 Å². The molecule has 0 radical (unpaired) electrons. The second-order valence-electron chi connectivity index (χ2n) is 8.02. The van der Waals surface area contributed by atoms with E-state index in [1.54, 1.807) is 12.1 Å². The van der Waals surface area contributed by atoms with Crippen molar-refractivity contribution in [2.45, 2.75) is 38.8 Å². The third-order valence-corrected chi connectivity index (χ3v) is 5.22. The normalized spacial score (nSPS) is 18.5.